The van der Waals surface area contributed by atoms with Gasteiger partial charge in [0.15, 0.2) is 0 Å². The second-order valence-corrected chi connectivity index (χ2v) is 6.05. The van der Waals surface area contributed by atoms with Gasteiger partial charge in [0.05, 0.1) is 7.11 Å². The summed E-state index contributed by atoms with van der Waals surface area (Å²) in [4.78, 5) is 23.7. The molecule has 2 amide bonds. The Morgan fingerprint density at radius 2 is 1.29 bits per heavy atom. The number of unbranched alkanes of at least 4 members (excludes halogenated alkanes) is 5. The number of nitrogens with one attached hydrogen (secondary N) is 1. The fourth-order valence-corrected chi connectivity index (χ4v) is 2.15. The van der Waals surface area contributed by atoms with E-state index in [0.29, 0.717) is 0 Å². The number of hydrogen-bond acceptors (Lipinski definition) is 3. The number of nitrogens with zero attached hydrogens (tertiary/aromatic N) is 1. The topological polar surface area (TPSA) is 58.6 Å². The van der Waals surface area contributed by atoms with Gasteiger partial charge >= 0.3 is 6.09 Å². The average molecular weight is 401 g/mol. The summed E-state index contributed by atoms with van der Waals surface area (Å²) in [5.74, 6) is -0.0390. The van der Waals surface area contributed by atoms with Crippen LogP contribution in [-0.2, 0) is 9.53 Å². The zero-order chi connectivity index (χ0) is 22.6. The van der Waals surface area contributed by atoms with E-state index in [-0.39, 0.29) is 12.5 Å². The number of hydrogen-bond donors (Lipinski definition) is 1. The van der Waals surface area contributed by atoms with Crippen LogP contribution in [-0.4, -0.2) is 43.6 Å². The minimum atomic E-state index is -0.562. The first kappa shape index (κ1) is 33.9. The van der Waals surface area contributed by atoms with Crippen molar-refractivity contribution in [2.24, 2.45) is 0 Å². The number of alkyl carbamates (subject to hydrolysis) is 1. The Morgan fingerprint density at radius 3 is 1.61 bits per heavy atom. The second-order valence-electron chi connectivity index (χ2n) is 6.05. The molecule has 1 saturated heterocycles. The van der Waals surface area contributed by atoms with Crippen molar-refractivity contribution in [2.45, 2.75) is 99.3 Å². The molecule has 5 heteroatoms. The molecule has 1 N–H and O–H groups in total. The summed E-state index contributed by atoms with van der Waals surface area (Å²) in [6, 6.07) is 0. The highest BCUT2D eigenvalue weighted by molar-refractivity contribution is 5.82. The number of amides is 2. The lowest BCUT2D eigenvalue weighted by Crippen LogP contribution is -2.38. The molecule has 1 rings (SSSR count). The summed E-state index contributed by atoms with van der Waals surface area (Å²) in [5.41, 5.74) is 0. The van der Waals surface area contributed by atoms with Gasteiger partial charge in [-0.2, -0.15) is 0 Å². The standard InChI is InChI=1S/C8H14N2O3.C8H18.C3H8.C2H6.C2H2/c1-13-8(12)9-6-7(11)10-4-2-3-5-10;1-3-5-7-8-6-4-2;1-3-2;2*1-2/h2-6H2,1H3,(H,9,12);3-8H2,1-2H3;3H2,1-2H3;1-2H3;1-2H. The minimum Gasteiger partial charge on any atom is -0.453 e. The van der Waals surface area contributed by atoms with Crippen molar-refractivity contribution in [1.82, 2.24) is 10.2 Å². The van der Waals surface area contributed by atoms with Gasteiger partial charge < -0.3 is 15.0 Å². The van der Waals surface area contributed by atoms with Gasteiger partial charge in [-0.1, -0.05) is 86.5 Å². The third-order valence-electron chi connectivity index (χ3n) is 3.49. The number of carbonyl (C=O) groups is 2. The highest BCUT2D eigenvalue weighted by atomic mass is 16.5. The van der Waals surface area contributed by atoms with Gasteiger partial charge in [-0.15, -0.1) is 12.8 Å². The van der Waals surface area contributed by atoms with Gasteiger partial charge in [0, 0.05) is 13.1 Å². The van der Waals surface area contributed by atoms with E-state index in [4.69, 9.17) is 0 Å². The van der Waals surface area contributed by atoms with E-state index in [2.05, 4.69) is 50.6 Å². The fourth-order valence-electron chi connectivity index (χ4n) is 2.15. The van der Waals surface area contributed by atoms with E-state index in [1.165, 1.54) is 52.1 Å². The maximum Gasteiger partial charge on any atom is 0.407 e. The van der Waals surface area contributed by atoms with E-state index >= 15 is 0 Å². The number of methoxy groups -OCH3 is 1. The van der Waals surface area contributed by atoms with E-state index < -0.39 is 6.09 Å². The van der Waals surface area contributed by atoms with Crippen LogP contribution in [0.1, 0.15) is 99.3 Å². The largest absolute Gasteiger partial charge is 0.453 e. The van der Waals surface area contributed by atoms with E-state index in [1.807, 2.05) is 13.8 Å². The Kier molecular flexibility index (Phi) is 39.8. The zero-order valence-electron chi connectivity index (χ0n) is 19.8. The predicted octanol–water partition coefficient (Wildman–Crippen LogP) is 6.02. The molecule has 0 bridgehead atoms. The molecule has 0 aliphatic carbocycles. The number of rotatable bonds is 7. The lowest BCUT2D eigenvalue weighted by molar-refractivity contribution is -0.129. The van der Waals surface area contributed by atoms with Crippen molar-refractivity contribution in [3.05, 3.63) is 0 Å². The van der Waals surface area contributed by atoms with Crippen molar-refractivity contribution in [3.63, 3.8) is 0 Å². The third kappa shape index (κ3) is 29.1. The predicted molar refractivity (Wildman–Crippen MR) is 122 cm³/mol. The van der Waals surface area contributed by atoms with Gasteiger partial charge in [-0.05, 0) is 12.8 Å². The van der Waals surface area contributed by atoms with Crippen LogP contribution in [0, 0.1) is 12.8 Å². The number of terminal acetylenes is 1. The van der Waals surface area contributed by atoms with Gasteiger partial charge in [0.2, 0.25) is 5.91 Å². The average Bonchev–Trinajstić information content (AvgIpc) is 3.28. The molecule has 0 aromatic heterocycles. The Hall–Kier alpha value is -1.70. The van der Waals surface area contributed by atoms with Crippen molar-refractivity contribution in [2.75, 3.05) is 26.7 Å². The normalized spacial score (nSPS) is 11.0. The molecule has 5 nitrogen and oxygen atoms in total. The molecule has 1 heterocycles. The lowest BCUT2D eigenvalue weighted by Gasteiger charge is -2.14. The number of ether oxygens (including phenoxy) is 1. The molecule has 0 aromatic rings. The SMILES string of the molecule is C#C.CC.CCC.CCCCCCCC.COC(=O)NCC(=O)N1CCCC1. The van der Waals surface area contributed by atoms with Crippen LogP contribution in [0.25, 0.3) is 0 Å². The molecule has 0 aromatic carbocycles. The molecule has 1 fully saturated rings. The highest BCUT2D eigenvalue weighted by Gasteiger charge is 2.17. The van der Waals surface area contributed by atoms with Crippen molar-refractivity contribution < 1.29 is 14.3 Å². The Labute approximate surface area is 176 Å². The molecular weight excluding hydrogens is 352 g/mol. The monoisotopic (exact) mass is 400 g/mol. The Balaban J connectivity index is -0.000000165. The van der Waals surface area contributed by atoms with Crippen LogP contribution < -0.4 is 5.32 Å². The molecule has 0 saturated carbocycles. The Bertz CT molecular complexity index is 319. The molecule has 0 radical (unpaired) electrons. The molecule has 1 aliphatic rings. The van der Waals surface area contributed by atoms with Crippen molar-refractivity contribution >= 4 is 12.0 Å². The first-order chi connectivity index (χ1) is 13.6. The number of carbonyl (C=O) groups excluding carboxylic acids is 2. The molecular formula is C23H48N2O3. The molecule has 28 heavy (non-hydrogen) atoms. The van der Waals surface area contributed by atoms with Crippen LogP contribution in [0.2, 0.25) is 0 Å². The summed E-state index contributed by atoms with van der Waals surface area (Å²) in [6.45, 7) is 14.4. The summed E-state index contributed by atoms with van der Waals surface area (Å²) < 4.78 is 4.34. The quantitative estimate of drug-likeness (QED) is 0.419. The molecule has 0 atom stereocenters. The first-order valence-electron chi connectivity index (χ1n) is 11.0. The van der Waals surface area contributed by atoms with Crippen LogP contribution in [0.3, 0.4) is 0 Å². The molecule has 1 aliphatic heterocycles. The molecule has 0 unspecified atom stereocenters. The van der Waals surface area contributed by atoms with Gasteiger partial charge in [-0.3, -0.25) is 4.79 Å². The molecule has 0 spiro atoms. The summed E-state index contributed by atoms with van der Waals surface area (Å²) in [5, 5.41) is 2.36. The van der Waals surface area contributed by atoms with Crippen LogP contribution >= 0.6 is 0 Å². The zero-order valence-corrected chi connectivity index (χ0v) is 19.8. The molecule has 168 valence electrons. The third-order valence-corrected chi connectivity index (χ3v) is 3.49. The fraction of sp³-hybridized carbons (Fsp3) is 0.826. The lowest BCUT2D eigenvalue weighted by atomic mass is 10.1. The maximum atomic E-state index is 11.3. The van der Waals surface area contributed by atoms with Crippen molar-refractivity contribution in [1.29, 1.82) is 0 Å². The van der Waals surface area contributed by atoms with Crippen LogP contribution in [0.5, 0.6) is 0 Å². The van der Waals surface area contributed by atoms with E-state index in [1.54, 1.807) is 4.90 Å². The number of likely N-dealkylation sites (tertiary alicyclic amines) is 1. The van der Waals surface area contributed by atoms with Gasteiger partial charge in [0.25, 0.3) is 0 Å². The van der Waals surface area contributed by atoms with Crippen molar-refractivity contribution in [3.8, 4) is 12.8 Å². The van der Waals surface area contributed by atoms with Crippen LogP contribution in [0.15, 0.2) is 0 Å². The smallest absolute Gasteiger partial charge is 0.407 e. The van der Waals surface area contributed by atoms with Crippen LogP contribution in [0.4, 0.5) is 4.79 Å². The van der Waals surface area contributed by atoms with E-state index in [9.17, 15) is 9.59 Å². The minimum absolute atomic E-state index is 0.0344. The van der Waals surface area contributed by atoms with Gasteiger partial charge in [-0.25, -0.2) is 4.79 Å². The highest BCUT2D eigenvalue weighted by Crippen LogP contribution is 2.06. The second kappa shape index (κ2) is 32.9. The van der Waals surface area contributed by atoms with E-state index in [0.717, 1.165) is 25.9 Å². The van der Waals surface area contributed by atoms with Gasteiger partial charge in [0.1, 0.15) is 6.54 Å². The summed E-state index contributed by atoms with van der Waals surface area (Å²) in [7, 11) is 1.27. The summed E-state index contributed by atoms with van der Waals surface area (Å²) in [6.07, 6.45) is 19.3. The Morgan fingerprint density at radius 1 is 0.893 bits per heavy atom. The summed E-state index contributed by atoms with van der Waals surface area (Å²) >= 11 is 0. The first-order valence-corrected chi connectivity index (χ1v) is 11.0. The maximum absolute atomic E-state index is 11.3.